The summed E-state index contributed by atoms with van der Waals surface area (Å²) in [6.07, 6.45) is 0. The predicted molar refractivity (Wildman–Crippen MR) is 51.4 cm³/mol. The summed E-state index contributed by atoms with van der Waals surface area (Å²) in [5.74, 6) is 1.01. The van der Waals surface area contributed by atoms with Gasteiger partial charge in [0.05, 0.1) is 29.1 Å². The topological polar surface area (TPSA) is 66.4 Å². The Bertz CT molecular complexity index is 206. The van der Waals surface area contributed by atoms with Crippen molar-refractivity contribution < 1.29 is 47.3 Å². The molecule has 0 aromatic carbocycles. The van der Waals surface area contributed by atoms with Crippen LogP contribution in [0, 0.1) is 5.75 Å². The molecule has 0 aliphatic rings. The van der Waals surface area contributed by atoms with E-state index in [0.717, 1.165) is 0 Å². The van der Waals surface area contributed by atoms with Gasteiger partial charge in [0.25, 0.3) is 0 Å². The van der Waals surface area contributed by atoms with Crippen LogP contribution in [-0.4, -0.2) is 37.2 Å². The second-order valence-corrected chi connectivity index (χ2v) is 4.54. The van der Waals surface area contributed by atoms with E-state index in [0.29, 0.717) is 0 Å². The summed E-state index contributed by atoms with van der Waals surface area (Å²) in [5.41, 5.74) is 0. The maximum atomic E-state index is 10.1. The minimum Gasteiger partial charge on any atom is -0.748 e. The smallest absolute Gasteiger partial charge is 0.748 e. The molecule has 0 rings (SSSR count). The van der Waals surface area contributed by atoms with Crippen LogP contribution in [0.1, 0.15) is 0 Å². The molecule has 0 N–H and O–H groups in total. The van der Waals surface area contributed by atoms with Crippen molar-refractivity contribution in [1.29, 1.82) is 0 Å². The van der Waals surface area contributed by atoms with E-state index >= 15 is 0 Å². The molecule has 1 unspecified atom stereocenters. The molecule has 4 nitrogen and oxygen atoms in total. The van der Waals surface area contributed by atoms with Crippen LogP contribution in [0.25, 0.3) is 0 Å². The van der Waals surface area contributed by atoms with Crippen LogP contribution in [0.15, 0.2) is 0 Å². The molecule has 0 bridgehead atoms. The van der Waals surface area contributed by atoms with Crippen molar-refractivity contribution in [2.75, 3.05) is 19.0 Å². The summed E-state index contributed by atoms with van der Waals surface area (Å²) in [4.78, 5) is 0. The first-order valence-corrected chi connectivity index (χ1v) is 5.73. The number of thiol groups is 2. The number of ether oxygens (including phenoxy) is 1. The maximum Gasteiger partial charge on any atom is 1.00 e. The second-order valence-electron chi connectivity index (χ2n) is 2.05. The molecule has 0 heterocycles. The first-order chi connectivity index (χ1) is 5.45. The van der Waals surface area contributed by atoms with Gasteiger partial charge in [0.1, 0.15) is 0 Å². The molecule has 0 amide bonds. The Kier molecular flexibility index (Phi) is 11.6. The molecule has 0 fully saturated rings. The third kappa shape index (κ3) is 13.6. The largest absolute Gasteiger partial charge is 1.00 e. The van der Waals surface area contributed by atoms with Crippen LogP contribution in [0.4, 0.5) is 0 Å². The molecule has 0 saturated carbocycles. The molecule has 0 aromatic rings. The van der Waals surface area contributed by atoms with Crippen LogP contribution in [-0.2, 0) is 14.9 Å². The molecule has 73 valence electrons. The molecule has 0 aromatic heterocycles. The van der Waals surface area contributed by atoms with Crippen LogP contribution in [0.3, 0.4) is 0 Å². The molecule has 1 atom stereocenters. The minimum absolute atomic E-state index is 0. The summed E-state index contributed by atoms with van der Waals surface area (Å²) in [5, 5.41) is -0.150. The van der Waals surface area contributed by atoms with E-state index in [1.165, 1.54) is 5.75 Å². The molecule has 0 saturated heterocycles. The third-order valence-corrected chi connectivity index (χ3v) is 2.50. The Morgan fingerprint density at radius 3 is 2.46 bits per heavy atom. The van der Waals surface area contributed by atoms with E-state index < -0.39 is 15.9 Å². The monoisotopic (exact) mass is 253 g/mol. The Hall–Kier alpha value is 1.57. The molecule has 8 heteroatoms. The van der Waals surface area contributed by atoms with Crippen LogP contribution in [0.2, 0.25) is 0 Å². The van der Waals surface area contributed by atoms with Gasteiger partial charge in [-0.2, -0.15) is 25.3 Å². The van der Waals surface area contributed by atoms with Crippen molar-refractivity contribution in [3.63, 3.8) is 0 Å². The van der Waals surface area contributed by atoms with Gasteiger partial charge < -0.3 is 9.29 Å². The SMILES string of the molecule is O=S(=O)([O-])CCOCC(S)[CH]S.[Na+]. The van der Waals surface area contributed by atoms with Crippen molar-refractivity contribution in [1.82, 2.24) is 0 Å². The van der Waals surface area contributed by atoms with E-state index in [4.69, 9.17) is 4.74 Å². The van der Waals surface area contributed by atoms with Gasteiger partial charge in [-0.1, -0.05) is 0 Å². The maximum absolute atomic E-state index is 10.1. The summed E-state index contributed by atoms with van der Waals surface area (Å²) in [7, 11) is -4.16. The van der Waals surface area contributed by atoms with Crippen LogP contribution >= 0.6 is 25.3 Å². The number of hydrogen-bond acceptors (Lipinski definition) is 6. The summed E-state index contributed by atoms with van der Waals surface area (Å²) >= 11 is 7.80. The van der Waals surface area contributed by atoms with E-state index in [2.05, 4.69) is 25.3 Å². The fraction of sp³-hybridized carbons (Fsp3) is 0.800. The van der Waals surface area contributed by atoms with Crippen molar-refractivity contribution >= 4 is 35.4 Å². The van der Waals surface area contributed by atoms with Crippen molar-refractivity contribution in [3.05, 3.63) is 5.75 Å². The number of rotatable bonds is 6. The molecule has 13 heavy (non-hydrogen) atoms. The predicted octanol–water partition coefficient (Wildman–Crippen LogP) is -3.06. The van der Waals surface area contributed by atoms with E-state index in [-0.39, 0.29) is 48.0 Å². The fourth-order valence-corrected chi connectivity index (χ4v) is 0.922. The van der Waals surface area contributed by atoms with Crippen molar-refractivity contribution in [2.45, 2.75) is 5.25 Å². The number of hydrogen-bond donors (Lipinski definition) is 2. The first-order valence-electron chi connectivity index (χ1n) is 3.12. The standard InChI is InChI=1S/C5H11O4S3.Na/c6-12(7,8)2-1-9-3-5(11)4-10;/h4-5,10-11H,1-3H2,(H,6,7,8);/q;+1/p-1. The van der Waals surface area contributed by atoms with Gasteiger partial charge in [0.2, 0.25) is 0 Å². The van der Waals surface area contributed by atoms with Gasteiger partial charge >= 0.3 is 29.6 Å². The Morgan fingerprint density at radius 1 is 1.54 bits per heavy atom. The van der Waals surface area contributed by atoms with E-state index in [1.807, 2.05) is 0 Å². The zero-order valence-corrected chi connectivity index (χ0v) is 11.8. The Labute approximate surface area is 112 Å². The van der Waals surface area contributed by atoms with Gasteiger partial charge in [0, 0.05) is 11.0 Å². The first kappa shape index (κ1) is 17.0. The molecule has 0 aliphatic heterocycles. The van der Waals surface area contributed by atoms with Gasteiger partial charge in [-0.05, 0) is 0 Å². The van der Waals surface area contributed by atoms with Gasteiger partial charge in [-0.3, -0.25) is 0 Å². The van der Waals surface area contributed by atoms with Gasteiger partial charge in [-0.15, -0.1) is 0 Å². The van der Waals surface area contributed by atoms with Crippen molar-refractivity contribution in [3.8, 4) is 0 Å². The van der Waals surface area contributed by atoms with Gasteiger partial charge in [-0.25, -0.2) is 8.42 Å². The van der Waals surface area contributed by atoms with Crippen molar-refractivity contribution in [2.24, 2.45) is 0 Å². The minimum atomic E-state index is -4.16. The van der Waals surface area contributed by atoms with E-state index in [9.17, 15) is 13.0 Å². The quantitative estimate of drug-likeness (QED) is 0.228. The average Bonchev–Trinajstić information content (AvgIpc) is 1.96. The van der Waals surface area contributed by atoms with Crippen LogP contribution < -0.4 is 29.6 Å². The normalized spacial score (nSPS) is 13.5. The Morgan fingerprint density at radius 2 is 2.08 bits per heavy atom. The zero-order valence-electron chi connectivity index (χ0n) is 7.21. The summed E-state index contributed by atoms with van der Waals surface area (Å²) in [6.45, 7) is 0.159. The zero-order chi connectivity index (χ0) is 9.61. The van der Waals surface area contributed by atoms with Crippen LogP contribution in [0.5, 0.6) is 0 Å². The fourth-order valence-electron chi connectivity index (χ4n) is 0.408. The van der Waals surface area contributed by atoms with E-state index in [1.54, 1.807) is 0 Å². The molecule has 0 aliphatic carbocycles. The average molecular weight is 253 g/mol. The molecule has 1 radical (unpaired) electrons. The molecular weight excluding hydrogens is 243 g/mol. The summed E-state index contributed by atoms with van der Waals surface area (Å²) in [6, 6.07) is 0. The molecule has 0 spiro atoms. The van der Waals surface area contributed by atoms with Gasteiger partial charge in [0.15, 0.2) is 0 Å². The Balaban J connectivity index is 0. The summed E-state index contributed by atoms with van der Waals surface area (Å²) < 4.78 is 35.0. The molecular formula is C5H10NaO4S3. The third-order valence-electron chi connectivity index (χ3n) is 0.938. The second kappa shape index (κ2) is 8.84.